The number of rotatable bonds is 17. The summed E-state index contributed by atoms with van der Waals surface area (Å²) in [5.41, 5.74) is 1.89. The van der Waals surface area contributed by atoms with Crippen LogP contribution in [0.15, 0.2) is 95.0 Å². The molecule has 0 aromatic heterocycles. The summed E-state index contributed by atoms with van der Waals surface area (Å²) in [6.07, 6.45) is -4.17. The maximum atomic E-state index is 13.7. The molecule has 0 saturated heterocycles. The smallest absolute Gasteiger partial charge is 0.408 e. The minimum atomic E-state index is -4.12. The lowest BCUT2D eigenvalue weighted by Gasteiger charge is -2.34. The number of aliphatic hydroxyl groups excluding tert-OH is 2. The standard InChI is InChI=1S/C33H42N4O8S/c1-23(2)20-36(46(44,45)28-16-14-26(15-17-28)19-34-43)22-30(39)29(18-25-10-6-4-7-11-25)35-32(40)31(24(3)38)37(33(41)42)21-27-12-8-5-9-13-27/h4-17,23-24,29-31,38-39H,18-22H2,1-3H3,(H,35,40)(H,41,42)/t24-,29+,30-,31+/m1/s1. The van der Waals surface area contributed by atoms with Crippen LogP contribution in [0.1, 0.15) is 37.5 Å². The van der Waals surface area contributed by atoms with Crippen LogP contribution in [-0.2, 0) is 34.3 Å². The van der Waals surface area contributed by atoms with Crippen molar-refractivity contribution < 1.29 is 33.3 Å². The van der Waals surface area contributed by atoms with E-state index < -0.39 is 46.3 Å². The zero-order valence-corrected chi connectivity index (χ0v) is 27.0. The van der Waals surface area contributed by atoms with Crippen LogP contribution < -0.4 is 5.32 Å². The number of nitrogens with zero attached hydrogens (tertiary/aromatic N) is 3. The first-order valence-electron chi connectivity index (χ1n) is 15.0. The van der Waals surface area contributed by atoms with Gasteiger partial charge in [0.1, 0.15) is 12.6 Å². The van der Waals surface area contributed by atoms with Crippen LogP contribution in [0, 0.1) is 10.8 Å². The van der Waals surface area contributed by atoms with Gasteiger partial charge in [0.05, 0.1) is 23.1 Å². The maximum Gasteiger partial charge on any atom is 0.408 e. The van der Waals surface area contributed by atoms with Crippen molar-refractivity contribution in [3.8, 4) is 0 Å². The maximum absolute atomic E-state index is 13.7. The number of carbonyl (C=O) groups is 2. The second-order valence-corrected chi connectivity index (χ2v) is 13.5. The molecule has 0 aliphatic heterocycles. The number of carbonyl (C=O) groups excluding carboxylic acids is 1. The average molecular weight is 655 g/mol. The van der Waals surface area contributed by atoms with E-state index in [9.17, 15) is 38.2 Å². The van der Waals surface area contributed by atoms with Crippen molar-refractivity contribution in [3.63, 3.8) is 0 Å². The molecular formula is C33H42N4O8S. The van der Waals surface area contributed by atoms with Gasteiger partial charge in [-0.3, -0.25) is 9.69 Å². The van der Waals surface area contributed by atoms with E-state index in [0.29, 0.717) is 11.1 Å². The number of sulfonamides is 1. The summed E-state index contributed by atoms with van der Waals surface area (Å²) in [7, 11) is -4.12. The number of carboxylic acid groups (broad SMARTS) is 1. The molecule has 0 fully saturated rings. The molecule has 0 radical (unpaired) electrons. The minimum absolute atomic E-state index is 0.0363. The number of hydrogen-bond donors (Lipinski definition) is 4. The number of aliphatic hydroxyl groups is 2. The number of benzene rings is 3. The number of nitrogens with one attached hydrogen (secondary N) is 1. The van der Waals surface area contributed by atoms with Gasteiger partial charge >= 0.3 is 6.09 Å². The third-order valence-electron chi connectivity index (χ3n) is 7.36. The highest BCUT2D eigenvalue weighted by Crippen LogP contribution is 2.21. The monoisotopic (exact) mass is 654 g/mol. The van der Waals surface area contributed by atoms with Gasteiger partial charge < -0.3 is 20.6 Å². The van der Waals surface area contributed by atoms with Gasteiger partial charge in [-0.1, -0.05) is 91.8 Å². The van der Waals surface area contributed by atoms with E-state index in [2.05, 4.69) is 10.5 Å². The van der Waals surface area contributed by atoms with Crippen LogP contribution >= 0.6 is 0 Å². The van der Waals surface area contributed by atoms with Crippen LogP contribution in [-0.4, -0.2) is 82.3 Å². The quantitative estimate of drug-likeness (QED) is 0.160. The van der Waals surface area contributed by atoms with E-state index in [1.54, 1.807) is 60.7 Å². The zero-order valence-electron chi connectivity index (χ0n) is 26.1. The topological polar surface area (TPSA) is 177 Å². The lowest BCUT2D eigenvalue weighted by molar-refractivity contribution is -0.131. The summed E-state index contributed by atoms with van der Waals surface area (Å²) in [6.45, 7) is 4.36. The molecule has 0 unspecified atom stereocenters. The van der Waals surface area contributed by atoms with E-state index >= 15 is 0 Å². The van der Waals surface area contributed by atoms with Gasteiger partial charge in [0, 0.05) is 19.6 Å². The van der Waals surface area contributed by atoms with Crippen molar-refractivity contribution >= 4 is 22.0 Å². The van der Waals surface area contributed by atoms with Crippen LogP contribution in [0.25, 0.3) is 0 Å². The van der Waals surface area contributed by atoms with Crippen molar-refractivity contribution in [1.82, 2.24) is 14.5 Å². The van der Waals surface area contributed by atoms with Crippen molar-refractivity contribution in [2.75, 3.05) is 13.1 Å². The molecule has 13 heteroatoms. The first-order chi connectivity index (χ1) is 21.8. The molecule has 12 nitrogen and oxygen atoms in total. The first kappa shape index (κ1) is 36.3. The van der Waals surface area contributed by atoms with Crippen LogP contribution in [0.2, 0.25) is 0 Å². The van der Waals surface area contributed by atoms with Gasteiger partial charge in [0.2, 0.25) is 15.9 Å². The van der Waals surface area contributed by atoms with Crippen molar-refractivity contribution in [3.05, 3.63) is 107 Å². The molecule has 0 aliphatic carbocycles. The van der Waals surface area contributed by atoms with E-state index in [4.69, 9.17) is 0 Å². The highest BCUT2D eigenvalue weighted by atomic mass is 32.2. The Kier molecular flexibility index (Phi) is 13.4. The Hall–Kier alpha value is -4.17. The predicted molar refractivity (Wildman–Crippen MR) is 173 cm³/mol. The Bertz CT molecular complexity index is 1520. The molecule has 0 aliphatic rings. The van der Waals surface area contributed by atoms with Crippen LogP contribution in [0.5, 0.6) is 0 Å². The molecule has 46 heavy (non-hydrogen) atoms. The Morgan fingerprint density at radius 1 is 0.826 bits per heavy atom. The summed E-state index contributed by atoms with van der Waals surface area (Å²) in [5, 5.41) is 37.8. The van der Waals surface area contributed by atoms with Crippen LogP contribution in [0.3, 0.4) is 0 Å². The lowest BCUT2D eigenvalue weighted by Crippen LogP contribution is -2.59. The Morgan fingerprint density at radius 2 is 1.39 bits per heavy atom. The molecule has 2 amide bonds. The second-order valence-electron chi connectivity index (χ2n) is 11.6. The molecular weight excluding hydrogens is 612 g/mol. The number of amides is 2. The summed E-state index contributed by atoms with van der Waals surface area (Å²) in [4.78, 5) is 37.5. The van der Waals surface area contributed by atoms with E-state index in [1.807, 2.05) is 13.8 Å². The highest BCUT2D eigenvalue weighted by molar-refractivity contribution is 7.89. The molecule has 0 saturated carbocycles. The van der Waals surface area contributed by atoms with Gasteiger partial charge in [-0.05, 0) is 48.1 Å². The van der Waals surface area contributed by atoms with E-state index in [1.165, 1.54) is 31.2 Å². The Balaban J connectivity index is 1.93. The summed E-state index contributed by atoms with van der Waals surface area (Å²) >= 11 is 0. The van der Waals surface area contributed by atoms with Gasteiger partial charge in [0.25, 0.3) is 0 Å². The first-order valence-corrected chi connectivity index (χ1v) is 16.4. The summed E-state index contributed by atoms with van der Waals surface area (Å²) in [6, 6.07) is 20.7. The highest BCUT2D eigenvalue weighted by Gasteiger charge is 2.37. The normalized spacial score (nSPS) is 14.3. The molecule has 0 bridgehead atoms. The van der Waals surface area contributed by atoms with Gasteiger partial charge in [-0.2, -0.15) is 9.21 Å². The van der Waals surface area contributed by atoms with Crippen molar-refractivity contribution in [1.29, 1.82) is 0 Å². The molecule has 248 valence electrons. The second kappa shape index (κ2) is 16.9. The predicted octanol–water partition coefficient (Wildman–Crippen LogP) is 3.62. The zero-order chi connectivity index (χ0) is 33.9. The largest absolute Gasteiger partial charge is 0.465 e. The molecule has 4 N–H and O–H groups in total. The Labute approximate surface area is 269 Å². The molecule has 3 aromatic rings. The Morgan fingerprint density at radius 3 is 1.89 bits per heavy atom. The third-order valence-corrected chi connectivity index (χ3v) is 9.21. The third kappa shape index (κ3) is 10.2. The average Bonchev–Trinajstić information content (AvgIpc) is 3.01. The lowest BCUT2D eigenvalue weighted by atomic mass is 9.99. The summed E-state index contributed by atoms with van der Waals surface area (Å²) < 4.78 is 28.6. The molecule has 3 rings (SSSR count). The summed E-state index contributed by atoms with van der Waals surface area (Å²) in [5.74, 6) is -0.963. The molecule has 0 spiro atoms. The van der Waals surface area contributed by atoms with E-state index in [0.717, 1.165) is 14.8 Å². The fraction of sp³-hybridized carbons (Fsp3) is 0.394. The molecule has 4 atom stereocenters. The molecule has 3 aromatic carbocycles. The fourth-order valence-corrected chi connectivity index (χ4v) is 6.73. The van der Waals surface area contributed by atoms with Gasteiger partial charge in [-0.15, -0.1) is 0 Å². The van der Waals surface area contributed by atoms with Crippen LogP contribution in [0.4, 0.5) is 4.79 Å². The fourth-order valence-electron chi connectivity index (χ4n) is 5.11. The number of hydrogen-bond acceptors (Lipinski definition) is 8. The minimum Gasteiger partial charge on any atom is -0.465 e. The van der Waals surface area contributed by atoms with Gasteiger partial charge in [0.15, 0.2) is 0 Å². The SMILES string of the molecule is CC(C)CN(C[C@@H](O)[C@H](Cc1ccccc1)NC(=O)[C@H]([C@@H](C)O)N(Cc1ccccc1)C(=O)O)S(=O)(=O)c1ccc(CN=O)cc1. The van der Waals surface area contributed by atoms with Crippen molar-refractivity contribution in [2.45, 2.75) is 69.5 Å². The van der Waals surface area contributed by atoms with Crippen molar-refractivity contribution in [2.24, 2.45) is 11.1 Å². The number of nitroso groups, excluding NO2 is 1. The van der Waals surface area contributed by atoms with Gasteiger partial charge in [-0.25, -0.2) is 13.2 Å². The molecule has 0 heterocycles. The van der Waals surface area contributed by atoms with E-state index in [-0.39, 0.29) is 43.4 Å².